The van der Waals surface area contributed by atoms with Crippen molar-refractivity contribution in [2.75, 3.05) is 17.3 Å². The first-order chi connectivity index (χ1) is 9.90. The number of hydrogen-bond donors (Lipinski definition) is 2. The third kappa shape index (κ3) is 5.59. The highest BCUT2D eigenvalue weighted by Gasteiger charge is 2.14. The Labute approximate surface area is 130 Å². The summed E-state index contributed by atoms with van der Waals surface area (Å²) < 4.78 is 24.3. The van der Waals surface area contributed by atoms with E-state index in [1.807, 2.05) is 0 Å². The molecular formula is C14H22N2O3S2. The molecule has 1 atom stereocenters. The van der Waals surface area contributed by atoms with Crippen LogP contribution in [0.2, 0.25) is 0 Å². The first kappa shape index (κ1) is 17.8. The van der Waals surface area contributed by atoms with Gasteiger partial charge in [0.05, 0.1) is 10.6 Å². The molecule has 0 aromatic heterocycles. The Morgan fingerprint density at radius 3 is 2.52 bits per heavy atom. The summed E-state index contributed by atoms with van der Waals surface area (Å²) >= 11 is 1.67. The van der Waals surface area contributed by atoms with E-state index in [2.05, 4.69) is 19.0 Å². The second kappa shape index (κ2) is 8.29. The molecule has 0 saturated carbocycles. The molecule has 0 amide bonds. The van der Waals surface area contributed by atoms with E-state index in [4.69, 9.17) is 10.9 Å². The van der Waals surface area contributed by atoms with Gasteiger partial charge in [0.15, 0.2) is 15.7 Å². The van der Waals surface area contributed by atoms with Gasteiger partial charge in [0.2, 0.25) is 0 Å². The molecular weight excluding hydrogens is 308 g/mol. The van der Waals surface area contributed by atoms with Gasteiger partial charge in [0.25, 0.3) is 0 Å². The molecule has 1 aromatic rings. The van der Waals surface area contributed by atoms with E-state index in [1.165, 1.54) is 24.3 Å². The molecule has 0 heterocycles. The van der Waals surface area contributed by atoms with Crippen molar-refractivity contribution in [1.29, 1.82) is 0 Å². The van der Waals surface area contributed by atoms with Crippen LogP contribution in [0.3, 0.4) is 0 Å². The SMILES string of the molecule is CCC(C)CSCCS(=O)(=O)c1ccc(/C(N)=N/O)cc1. The predicted molar refractivity (Wildman–Crippen MR) is 87.8 cm³/mol. The summed E-state index contributed by atoms with van der Waals surface area (Å²) in [5.41, 5.74) is 5.93. The van der Waals surface area contributed by atoms with E-state index in [-0.39, 0.29) is 16.5 Å². The average molecular weight is 330 g/mol. The molecule has 0 aliphatic carbocycles. The summed E-state index contributed by atoms with van der Waals surface area (Å²) in [7, 11) is -3.28. The second-order valence-electron chi connectivity index (χ2n) is 4.92. The van der Waals surface area contributed by atoms with Crippen molar-refractivity contribution in [2.24, 2.45) is 16.8 Å². The molecule has 0 aliphatic heterocycles. The number of benzene rings is 1. The fourth-order valence-electron chi connectivity index (χ4n) is 1.58. The summed E-state index contributed by atoms with van der Waals surface area (Å²) in [4.78, 5) is 0.265. The van der Waals surface area contributed by atoms with Crippen LogP contribution in [-0.4, -0.2) is 36.7 Å². The minimum atomic E-state index is -3.28. The van der Waals surface area contributed by atoms with E-state index in [0.717, 1.165) is 12.2 Å². The van der Waals surface area contributed by atoms with Crippen LogP contribution >= 0.6 is 11.8 Å². The topological polar surface area (TPSA) is 92.8 Å². The average Bonchev–Trinajstić information content (AvgIpc) is 2.50. The summed E-state index contributed by atoms with van der Waals surface area (Å²) in [6.07, 6.45) is 1.11. The molecule has 21 heavy (non-hydrogen) atoms. The normalized spacial score (nSPS) is 14.1. The predicted octanol–water partition coefficient (Wildman–Crippen LogP) is 2.33. The number of sulfone groups is 1. The minimum absolute atomic E-state index is 0.0388. The van der Waals surface area contributed by atoms with Gasteiger partial charge in [-0.25, -0.2) is 8.42 Å². The molecule has 1 aromatic carbocycles. The number of amidine groups is 1. The smallest absolute Gasteiger partial charge is 0.179 e. The zero-order valence-electron chi connectivity index (χ0n) is 12.3. The second-order valence-corrected chi connectivity index (χ2v) is 8.18. The van der Waals surface area contributed by atoms with E-state index < -0.39 is 9.84 Å². The van der Waals surface area contributed by atoms with Gasteiger partial charge < -0.3 is 10.9 Å². The van der Waals surface area contributed by atoms with Gasteiger partial charge in [0.1, 0.15) is 0 Å². The van der Waals surface area contributed by atoms with Gasteiger partial charge in [-0.2, -0.15) is 11.8 Å². The van der Waals surface area contributed by atoms with Crippen molar-refractivity contribution in [3.8, 4) is 0 Å². The highest BCUT2D eigenvalue weighted by Crippen LogP contribution is 2.16. The van der Waals surface area contributed by atoms with Crippen molar-refractivity contribution < 1.29 is 13.6 Å². The van der Waals surface area contributed by atoms with Crippen molar-refractivity contribution in [3.63, 3.8) is 0 Å². The van der Waals surface area contributed by atoms with E-state index >= 15 is 0 Å². The Bertz CT molecular complexity index is 568. The number of nitrogens with two attached hydrogens (primary N) is 1. The van der Waals surface area contributed by atoms with Gasteiger partial charge >= 0.3 is 0 Å². The van der Waals surface area contributed by atoms with Crippen molar-refractivity contribution in [2.45, 2.75) is 25.2 Å². The van der Waals surface area contributed by atoms with Crippen LogP contribution in [0, 0.1) is 5.92 Å². The molecule has 0 bridgehead atoms. The quantitative estimate of drug-likeness (QED) is 0.251. The molecule has 0 saturated heterocycles. The Hall–Kier alpha value is -1.21. The highest BCUT2D eigenvalue weighted by molar-refractivity contribution is 8.00. The lowest BCUT2D eigenvalue weighted by molar-refractivity contribution is 0.318. The van der Waals surface area contributed by atoms with Crippen LogP contribution in [0.25, 0.3) is 0 Å². The summed E-state index contributed by atoms with van der Waals surface area (Å²) in [6.45, 7) is 4.29. The van der Waals surface area contributed by atoms with Gasteiger partial charge in [0, 0.05) is 11.3 Å². The molecule has 0 fully saturated rings. The van der Waals surface area contributed by atoms with E-state index in [1.54, 1.807) is 11.8 Å². The Balaban J connectivity index is 2.62. The molecule has 7 heteroatoms. The Kier molecular flexibility index (Phi) is 7.04. The third-order valence-corrected chi connectivity index (χ3v) is 6.50. The Morgan fingerprint density at radius 1 is 1.38 bits per heavy atom. The van der Waals surface area contributed by atoms with Crippen LogP contribution in [0.4, 0.5) is 0 Å². The molecule has 1 unspecified atom stereocenters. The van der Waals surface area contributed by atoms with Crippen LogP contribution in [0.1, 0.15) is 25.8 Å². The Morgan fingerprint density at radius 2 is 2.00 bits per heavy atom. The molecule has 0 spiro atoms. The van der Waals surface area contributed by atoms with Gasteiger partial charge in [-0.1, -0.05) is 25.4 Å². The fourth-order valence-corrected chi connectivity index (χ4v) is 4.52. The minimum Gasteiger partial charge on any atom is -0.409 e. The molecule has 118 valence electrons. The highest BCUT2D eigenvalue weighted by atomic mass is 32.2. The third-order valence-electron chi connectivity index (χ3n) is 3.21. The molecule has 0 radical (unpaired) electrons. The maximum atomic E-state index is 12.2. The first-order valence-corrected chi connectivity index (χ1v) is 9.60. The van der Waals surface area contributed by atoms with Gasteiger partial charge in [-0.15, -0.1) is 0 Å². The van der Waals surface area contributed by atoms with E-state index in [9.17, 15) is 8.42 Å². The van der Waals surface area contributed by atoms with Crippen LogP contribution in [0.15, 0.2) is 34.3 Å². The maximum absolute atomic E-state index is 12.2. The lowest BCUT2D eigenvalue weighted by Gasteiger charge is -2.08. The maximum Gasteiger partial charge on any atom is 0.179 e. The van der Waals surface area contributed by atoms with Crippen LogP contribution in [-0.2, 0) is 9.84 Å². The number of rotatable bonds is 8. The van der Waals surface area contributed by atoms with E-state index in [0.29, 0.717) is 17.2 Å². The molecule has 0 aliphatic rings. The number of nitrogens with zero attached hydrogens (tertiary/aromatic N) is 1. The van der Waals surface area contributed by atoms with Crippen molar-refractivity contribution in [1.82, 2.24) is 0 Å². The number of oxime groups is 1. The monoisotopic (exact) mass is 330 g/mol. The first-order valence-electron chi connectivity index (χ1n) is 6.79. The zero-order chi connectivity index (χ0) is 15.9. The van der Waals surface area contributed by atoms with Crippen molar-refractivity contribution in [3.05, 3.63) is 29.8 Å². The molecule has 1 rings (SSSR count). The number of thioether (sulfide) groups is 1. The van der Waals surface area contributed by atoms with Gasteiger partial charge in [-0.05, 0) is 35.9 Å². The van der Waals surface area contributed by atoms with Crippen LogP contribution in [0.5, 0.6) is 0 Å². The van der Waals surface area contributed by atoms with Crippen molar-refractivity contribution >= 4 is 27.4 Å². The standard InChI is InChI=1S/C14H22N2O3S2/c1-3-11(2)10-20-8-9-21(18,19)13-6-4-12(5-7-13)14(15)16-17/h4-7,11,17H,3,8-10H2,1-2H3,(H2,15,16). The largest absolute Gasteiger partial charge is 0.409 e. The molecule has 5 nitrogen and oxygen atoms in total. The van der Waals surface area contributed by atoms with Crippen LogP contribution < -0.4 is 5.73 Å². The summed E-state index contributed by atoms with van der Waals surface area (Å²) in [5, 5.41) is 11.4. The lowest BCUT2D eigenvalue weighted by atomic mass is 10.2. The zero-order valence-corrected chi connectivity index (χ0v) is 14.0. The molecule has 3 N–H and O–H groups in total. The van der Waals surface area contributed by atoms with Gasteiger partial charge in [-0.3, -0.25) is 0 Å². The summed E-state index contributed by atoms with van der Waals surface area (Å²) in [5.74, 6) is 2.26. The number of hydrogen-bond acceptors (Lipinski definition) is 5. The fraction of sp³-hybridized carbons (Fsp3) is 0.500. The lowest BCUT2D eigenvalue weighted by Crippen LogP contribution is -2.14. The summed E-state index contributed by atoms with van der Waals surface area (Å²) in [6, 6.07) is 6.05.